The van der Waals surface area contributed by atoms with Crippen molar-refractivity contribution in [1.29, 1.82) is 0 Å². The number of benzene rings is 1. The number of hydrogen-bond acceptors (Lipinski definition) is 4. The topological polar surface area (TPSA) is 85.6 Å². The van der Waals surface area contributed by atoms with Crippen LogP contribution in [-0.4, -0.2) is 40.2 Å². The van der Waals surface area contributed by atoms with E-state index >= 15 is 0 Å². The molecular weight excluding hydrogens is 438 g/mol. The standard InChI is InChI=1S/C21H24BrN3O4/c1-15(29-19-4-2-3-13-28-19)20-23-11-12-25(20)18(14-24-21(26)27)10-7-16-5-8-17(22)9-6-16/h5-6,8-9,11-12,15,18-19,24H,2-4,13-14H2,1H3,(H,26,27)/t15-,18-,19?/m0/s1. The Morgan fingerprint density at radius 3 is 2.93 bits per heavy atom. The number of nitrogens with zero attached hydrogens (tertiary/aromatic N) is 2. The van der Waals surface area contributed by atoms with Crippen molar-refractivity contribution in [2.24, 2.45) is 0 Å². The molecule has 1 aromatic carbocycles. The number of aromatic nitrogens is 2. The summed E-state index contributed by atoms with van der Waals surface area (Å²) in [6.45, 7) is 2.76. The van der Waals surface area contributed by atoms with E-state index < -0.39 is 12.1 Å². The zero-order valence-corrected chi connectivity index (χ0v) is 17.8. The van der Waals surface area contributed by atoms with E-state index in [4.69, 9.17) is 14.6 Å². The summed E-state index contributed by atoms with van der Waals surface area (Å²) in [5.74, 6) is 6.95. The second kappa shape index (κ2) is 10.4. The normalized spacial score (nSPS) is 18.3. The summed E-state index contributed by atoms with van der Waals surface area (Å²) in [4.78, 5) is 15.5. The van der Waals surface area contributed by atoms with Crippen LogP contribution in [0.25, 0.3) is 0 Å². The van der Waals surface area contributed by atoms with Crippen molar-refractivity contribution in [3.05, 3.63) is 52.5 Å². The number of nitrogens with one attached hydrogen (secondary N) is 1. The Hall–Kier alpha value is -2.34. The predicted molar refractivity (Wildman–Crippen MR) is 111 cm³/mol. The van der Waals surface area contributed by atoms with Gasteiger partial charge in [0.25, 0.3) is 0 Å². The first-order valence-electron chi connectivity index (χ1n) is 9.56. The number of ether oxygens (including phenoxy) is 2. The van der Waals surface area contributed by atoms with E-state index in [2.05, 4.69) is 38.1 Å². The predicted octanol–water partition coefficient (Wildman–Crippen LogP) is 4.11. The Kier molecular flexibility index (Phi) is 7.69. The average Bonchev–Trinajstić information content (AvgIpc) is 3.20. The van der Waals surface area contributed by atoms with E-state index in [1.165, 1.54) is 0 Å². The summed E-state index contributed by atoms with van der Waals surface area (Å²) in [7, 11) is 0. The number of carboxylic acid groups (broad SMARTS) is 1. The van der Waals surface area contributed by atoms with Crippen LogP contribution in [0.4, 0.5) is 4.79 Å². The first-order chi connectivity index (χ1) is 14.0. The van der Waals surface area contributed by atoms with E-state index in [0.717, 1.165) is 29.3 Å². The highest BCUT2D eigenvalue weighted by molar-refractivity contribution is 9.10. The number of halogens is 1. The van der Waals surface area contributed by atoms with E-state index in [1.54, 1.807) is 12.4 Å². The molecule has 1 fully saturated rings. The highest BCUT2D eigenvalue weighted by atomic mass is 79.9. The van der Waals surface area contributed by atoms with Gasteiger partial charge in [-0.1, -0.05) is 27.8 Å². The van der Waals surface area contributed by atoms with Gasteiger partial charge < -0.3 is 24.5 Å². The van der Waals surface area contributed by atoms with Crippen LogP contribution in [0.1, 0.15) is 49.7 Å². The molecule has 0 spiro atoms. The van der Waals surface area contributed by atoms with Crippen molar-refractivity contribution in [2.45, 2.75) is 44.6 Å². The van der Waals surface area contributed by atoms with Gasteiger partial charge in [-0.3, -0.25) is 0 Å². The third kappa shape index (κ3) is 6.32. The smallest absolute Gasteiger partial charge is 0.404 e. The monoisotopic (exact) mass is 461 g/mol. The van der Waals surface area contributed by atoms with Gasteiger partial charge in [0, 0.05) is 29.0 Å². The Balaban J connectivity index is 1.79. The molecule has 1 saturated heterocycles. The largest absolute Gasteiger partial charge is 0.465 e. The minimum atomic E-state index is -1.10. The second-order valence-corrected chi connectivity index (χ2v) is 7.66. The number of rotatable bonds is 6. The van der Waals surface area contributed by atoms with Crippen LogP contribution in [0.5, 0.6) is 0 Å². The number of hydrogen-bond donors (Lipinski definition) is 2. The summed E-state index contributed by atoms with van der Waals surface area (Å²) < 4.78 is 14.5. The van der Waals surface area contributed by atoms with Crippen LogP contribution in [0.2, 0.25) is 0 Å². The Morgan fingerprint density at radius 1 is 1.45 bits per heavy atom. The molecule has 1 aliphatic heterocycles. The first kappa shape index (κ1) is 21.4. The van der Waals surface area contributed by atoms with Gasteiger partial charge in [-0.15, -0.1) is 0 Å². The minimum absolute atomic E-state index is 0.134. The van der Waals surface area contributed by atoms with E-state index in [0.29, 0.717) is 12.4 Å². The molecular formula is C21H24BrN3O4. The molecule has 0 bridgehead atoms. The SMILES string of the molecule is C[C@H](OC1CCCCO1)c1nccn1[C@@H](C#Cc1ccc(Br)cc1)CNC(=O)O. The van der Waals surface area contributed by atoms with Gasteiger partial charge in [0.1, 0.15) is 18.0 Å². The highest BCUT2D eigenvalue weighted by Crippen LogP contribution is 2.24. The summed E-state index contributed by atoms with van der Waals surface area (Å²) >= 11 is 3.40. The van der Waals surface area contributed by atoms with Crippen LogP contribution in [-0.2, 0) is 9.47 Å². The fourth-order valence-electron chi connectivity index (χ4n) is 3.11. The molecule has 0 saturated carbocycles. The molecule has 8 heteroatoms. The number of imidazole rings is 1. The zero-order chi connectivity index (χ0) is 20.6. The second-order valence-electron chi connectivity index (χ2n) is 6.75. The van der Waals surface area contributed by atoms with Crippen molar-refractivity contribution in [1.82, 2.24) is 14.9 Å². The Labute approximate surface area is 178 Å². The van der Waals surface area contributed by atoms with E-state index in [1.807, 2.05) is 35.8 Å². The first-order valence-corrected chi connectivity index (χ1v) is 10.4. The van der Waals surface area contributed by atoms with Crippen LogP contribution in [0.3, 0.4) is 0 Å². The van der Waals surface area contributed by atoms with Gasteiger partial charge in [0.15, 0.2) is 6.29 Å². The molecule has 1 unspecified atom stereocenters. The zero-order valence-electron chi connectivity index (χ0n) is 16.2. The van der Waals surface area contributed by atoms with Gasteiger partial charge in [0.2, 0.25) is 0 Å². The lowest BCUT2D eigenvalue weighted by atomic mass is 10.2. The van der Waals surface area contributed by atoms with Crippen LogP contribution in [0, 0.1) is 11.8 Å². The van der Waals surface area contributed by atoms with Crippen molar-refractivity contribution in [2.75, 3.05) is 13.2 Å². The lowest BCUT2D eigenvalue weighted by molar-refractivity contribution is -0.188. The maximum absolute atomic E-state index is 11.0. The van der Waals surface area contributed by atoms with E-state index in [9.17, 15) is 4.79 Å². The molecule has 2 aromatic rings. The molecule has 3 atom stereocenters. The molecule has 29 heavy (non-hydrogen) atoms. The third-order valence-corrected chi connectivity index (χ3v) is 5.09. The molecule has 1 aromatic heterocycles. The average molecular weight is 462 g/mol. The van der Waals surface area contributed by atoms with Gasteiger partial charge in [-0.2, -0.15) is 0 Å². The van der Waals surface area contributed by atoms with Crippen LogP contribution >= 0.6 is 15.9 Å². The Morgan fingerprint density at radius 2 is 2.24 bits per heavy atom. The quantitative estimate of drug-likeness (QED) is 0.632. The molecule has 0 radical (unpaired) electrons. The highest BCUT2D eigenvalue weighted by Gasteiger charge is 2.23. The third-order valence-electron chi connectivity index (χ3n) is 4.57. The molecule has 1 aliphatic rings. The molecule has 2 N–H and O–H groups in total. The number of carbonyl (C=O) groups is 1. The molecule has 2 heterocycles. The van der Waals surface area contributed by atoms with Crippen molar-refractivity contribution < 1.29 is 19.4 Å². The van der Waals surface area contributed by atoms with Gasteiger partial charge in [0.05, 0.1) is 6.54 Å². The summed E-state index contributed by atoms with van der Waals surface area (Å²) in [5.41, 5.74) is 0.843. The lowest BCUT2D eigenvalue weighted by Gasteiger charge is -2.26. The van der Waals surface area contributed by atoms with Crippen molar-refractivity contribution in [3.8, 4) is 11.8 Å². The van der Waals surface area contributed by atoms with Gasteiger partial charge >= 0.3 is 6.09 Å². The Bertz CT molecular complexity index is 866. The lowest BCUT2D eigenvalue weighted by Crippen LogP contribution is -2.30. The van der Waals surface area contributed by atoms with Crippen molar-refractivity contribution in [3.63, 3.8) is 0 Å². The molecule has 7 nitrogen and oxygen atoms in total. The van der Waals surface area contributed by atoms with Crippen molar-refractivity contribution >= 4 is 22.0 Å². The maximum atomic E-state index is 11.0. The fraction of sp³-hybridized carbons (Fsp3) is 0.429. The molecule has 3 rings (SSSR count). The van der Waals surface area contributed by atoms with Crippen LogP contribution < -0.4 is 5.32 Å². The van der Waals surface area contributed by atoms with E-state index in [-0.39, 0.29) is 18.9 Å². The summed E-state index contributed by atoms with van der Waals surface area (Å²) in [6.07, 6.45) is 4.81. The number of amides is 1. The molecule has 154 valence electrons. The van der Waals surface area contributed by atoms with Crippen LogP contribution in [0.15, 0.2) is 41.1 Å². The van der Waals surface area contributed by atoms with Gasteiger partial charge in [-0.25, -0.2) is 9.78 Å². The summed E-state index contributed by atoms with van der Waals surface area (Å²) in [5, 5.41) is 11.5. The summed E-state index contributed by atoms with van der Waals surface area (Å²) in [6, 6.07) is 7.21. The fourth-order valence-corrected chi connectivity index (χ4v) is 3.38. The molecule has 1 amide bonds. The van der Waals surface area contributed by atoms with Gasteiger partial charge in [-0.05, 0) is 50.5 Å². The minimum Gasteiger partial charge on any atom is -0.465 e. The maximum Gasteiger partial charge on any atom is 0.404 e. The molecule has 0 aliphatic carbocycles.